The average Bonchev–Trinajstić information content (AvgIpc) is 2.27. The largest absolute Gasteiger partial charge is 0.481 e. The molecule has 3 unspecified atom stereocenters. The highest BCUT2D eigenvalue weighted by molar-refractivity contribution is 5.71. The fraction of sp³-hybridized carbons (Fsp3) is 0.929. The fourth-order valence-corrected chi connectivity index (χ4v) is 3.10. The van der Waals surface area contributed by atoms with E-state index < -0.39 is 18.6 Å². The van der Waals surface area contributed by atoms with Gasteiger partial charge < -0.3 is 10.4 Å². The molecule has 1 aliphatic rings. The lowest BCUT2D eigenvalue weighted by molar-refractivity contribution is -0.150. The predicted octanol–water partition coefficient (Wildman–Crippen LogP) is 3.44. The zero-order valence-electron chi connectivity index (χ0n) is 12.3. The smallest absolute Gasteiger partial charge is 0.389 e. The summed E-state index contributed by atoms with van der Waals surface area (Å²) in [6.45, 7) is 6.17. The van der Waals surface area contributed by atoms with E-state index in [-0.39, 0.29) is 29.7 Å². The molecule has 118 valence electrons. The number of hydrogen-bond acceptors (Lipinski definition) is 2. The Bertz CT molecular complexity index is 342. The Balaban J connectivity index is 2.48. The Labute approximate surface area is 117 Å². The highest BCUT2D eigenvalue weighted by Crippen LogP contribution is 2.45. The Hall–Kier alpha value is -0.780. The van der Waals surface area contributed by atoms with Gasteiger partial charge in [-0.2, -0.15) is 13.2 Å². The van der Waals surface area contributed by atoms with Crippen LogP contribution in [-0.2, 0) is 4.79 Å². The average molecular weight is 295 g/mol. The molecule has 0 bridgehead atoms. The predicted molar refractivity (Wildman–Crippen MR) is 70.4 cm³/mol. The molecule has 0 saturated heterocycles. The topological polar surface area (TPSA) is 49.3 Å². The van der Waals surface area contributed by atoms with E-state index in [4.69, 9.17) is 0 Å². The van der Waals surface area contributed by atoms with E-state index in [2.05, 4.69) is 5.32 Å². The van der Waals surface area contributed by atoms with Gasteiger partial charge in [-0.05, 0) is 37.1 Å². The first kappa shape index (κ1) is 17.3. The maximum Gasteiger partial charge on any atom is 0.389 e. The van der Waals surface area contributed by atoms with Crippen molar-refractivity contribution in [2.24, 2.45) is 17.3 Å². The van der Waals surface area contributed by atoms with Gasteiger partial charge in [-0.3, -0.25) is 4.79 Å². The number of nitrogens with one attached hydrogen (secondary N) is 1. The fourth-order valence-electron chi connectivity index (χ4n) is 3.10. The highest BCUT2D eigenvalue weighted by Gasteiger charge is 2.46. The van der Waals surface area contributed by atoms with Crippen LogP contribution in [0.5, 0.6) is 0 Å². The number of hydrogen-bond donors (Lipinski definition) is 2. The second-order valence-electron chi connectivity index (χ2n) is 6.36. The SMILES string of the molecule is CC1C(NCCCC(F)(F)F)CCC(C(=O)O)C1(C)C. The van der Waals surface area contributed by atoms with Crippen LogP contribution in [0.3, 0.4) is 0 Å². The van der Waals surface area contributed by atoms with Gasteiger partial charge in [-0.1, -0.05) is 20.8 Å². The number of carbonyl (C=O) groups is 1. The van der Waals surface area contributed by atoms with Crippen LogP contribution in [0, 0.1) is 17.3 Å². The van der Waals surface area contributed by atoms with E-state index in [1.54, 1.807) is 0 Å². The van der Waals surface area contributed by atoms with Gasteiger partial charge >= 0.3 is 12.1 Å². The molecular weight excluding hydrogens is 271 g/mol. The first-order valence-electron chi connectivity index (χ1n) is 7.08. The van der Waals surface area contributed by atoms with E-state index in [9.17, 15) is 23.1 Å². The molecule has 0 aromatic carbocycles. The standard InChI is InChI=1S/C14H24F3NO2/c1-9-11(18-8-4-7-14(15,16)17)6-5-10(12(19)20)13(9,2)3/h9-11,18H,4-8H2,1-3H3,(H,19,20). The monoisotopic (exact) mass is 295 g/mol. The summed E-state index contributed by atoms with van der Waals surface area (Å²) in [5.74, 6) is -1.05. The number of alkyl halides is 3. The lowest BCUT2D eigenvalue weighted by Gasteiger charge is -2.46. The molecule has 0 spiro atoms. The van der Waals surface area contributed by atoms with Crippen LogP contribution in [0.2, 0.25) is 0 Å². The van der Waals surface area contributed by atoms with Crippen molar-refractivity contribution in [2.45, 2.75) is 58.7 Å². The number of halogens is 3. The molecule has 0 radical (unpaired) electrons. The summed E-state index contributed by atoms with van der Waals surface area (Å²) in [4.78, 5) is 11.2. The summed E-state index contributed by atoms with van der Waals surface area (Å²) in [7, 11) is 0. The van der Waals surface area contributed by atoms with E-state index >= 15 is 0 Å². The van der Waals surface area contributed by atoms with Crippen LogP contribution in [0.25, 0.3) is 0 Å². The Morgan fingerprint density at radius 3 is 2.45 bits per heavy atom. The molecule has 0 aliphatic heterocycles. The molecule has 20 heavy (non-hydrogen) atoms. The summed E-state index contributed by atoms with van der Waals surface area (Å²) in [5, 5.41) is 12.4. The summed E-state index contributed by atoms with van der Waals surface area (Å²) < 4.78 is 36.2. The summed E-state index contributed by atoms with van der Waals surface area (Å²) >= 11 is 0. The zero-order chi connectivity index (χ0) is 15.6. The first-order chi connectivity index (χ1) is 9.05. The van der Waals surface area contributed by atoms with Gasteiger partial charge in [0.05, 0.1) is 5.92 Å². The Morgan fingerprint density at radius 2 is 1.95 bits per heavy atom. The van der Waals surface area contributed by atoms with Gasteiger partial charge in [0, 0.05) is 12.5 Å². The molecule has 0 aromatic rings. The van der Waals surface area contributed by atoms with Gasteiger partial charge in [-0.15, -0.1) is 0 Å². The van der Waals surface area contributed by atoms with E-state index in [1.807, 2.05) is 20.8 Å². The maximum absolute atomic E-state index is 12.1. The molecule has 0 amide bonds. The maximum atomic E-state index is 12.1. The molecule has 1 aliphatic carbocycles. The third-order valence-corrected chi connectivity index (χ3v) is 4.78. The minimum Gasteiger partial charge on any atom is -0.481 e. The van der Waals surface area contributed by atoms with Crippen molar-refractivity contribution in [3.8, 4) is 0 Å². The van der Waals surface area contributed by atoms with E-state index in [0.717, 1.165) is 0 Å². The van der Waals surface area contributed by atoms with Gasteiger partial charge in [0.15, 0.2) is 0 Å². The third-order valence-electron chi connectivity index (χ3n) is 4.78. The second-order valence-corrected chi connectivity index (χ2v) is 6.36. The van der Waals surface area contributed by atoms with Gasteiger partial charge in [0.1, 0.15) is 0 Å². The van der Waals surface area contributed by atoms with Crippen molar-refractivity contribution in [1.29, 1.82) is 0 Å². The number of carboxylic acid groups (broad SMARTS) is 1. The lowest BCUT2D eigenvalue weighted by Crippen LogP contribution is -2.51. The first-order valence-corrected chi connectivity index (χ1v) is 7.08. The molecule has 1 saturated carbocycles. The zero-order valence-corrected chi connectivity index (χ0v) is 12.3. The molecular formula is C14H24F3NO2. The van der Waals surface area contributed by atoms with Crippen LogP contribution in [0.15, 0.2) is 0 Å². The van der Waals surface area contributed by atoms with Crippen molar-refractivity contribution in [1.82, 2.24) is 5.32 Å². The molecule has 3 nitrogen and oxygen atoms in total. The van der Waals surface area contributed by atoms with Crippen molar-refractivity contribution in [3.05, 3.63) is 0 Å². The van der Waals surface area contributed by atoms with Gasteiger partial charge in [0.25, 0.3) is 0 Å². The number of rotatable bonds is 5. The Kier molecular flexibility index (Phi) is 5.46. The summed E-state index contributed by atoms with van der Waals surface area (Å²) in [6.07, 6.45) is -3.54. The minimum atomic E-state index is -4.10. The van der Waals surface area contributed by atoms with Gasteiger partial charge in [0.2, 0.25) is 0 Å². The highest BCUT2D eigenvalue weighted by atomic mass is 19.4. The number of carboxylic acids is 1. The minimum absolute atomic E-state index is 0.0650. The summed E-state index contributed by atoms with van der Waals surface area (Å²) in [5.41, 5.74) is -0.355. The lowest BCUT2D eigenvalue weighted by atomic mass is 9.61. The van der Waals surface area contributed by atoms with Gasteiger partial charge in [-0.25, -0.2) is 0 Å². The van der Waals surface area contributed by atoms with Crippen molar-refractivity contribution >= 4 is 5.97 Å². The van der Waals surface area contributed by atoms with Crippen LogP contribution < -0.4 is 5.32 Å². The molecule has 0 aromatic heterocycles. The van der Waals surface area contributed by atoms with Crippen molar-refractivity contribution in [3.63, 3.8) is 0 Å². The van der Waals surface area contributed by atoms with Crippen LogP contribution in [0.1, 0.15) is 46.5 Å². The Morgan fingerprint density at radius 1 is 1.35 bits per heavy atom. The molecule has 1 rings (SSSR count). The normalized spacial score (nSPS) is 30.2. The quantitative estimate of drug-likeness (QED) is 0.764. The molecule has 1 fully saturated rings. The molecule has 2 N–H and O–H groups in total. The van der Waals surface area contributed by atoms with E-state index in [0.29, 0.717) is 19.4 Å². The van der Waals surface area contributed by atoms with Crippen LogP contribution >= 0.6 is 0 Å². The summed E-state index contributed by atoms with van der Waals surface area (Å²) in [6, 6.07) is 0.0915. The van der Waals surface area contributed by atoms with Crippen molar-refractivity contribution in [2.75, 3.05) is 6.54 Å². The molecule has 0 heterocycles. The second kappa shape index (κ2) is 6.33. The van der Waals surface area contributed by atoms with Crippen molar-refractivity contribution < 1.29 is 23.1 Å². The van der Waals surface area contributed by atoms with E-state index in [1.165, 1.54) is 0 Å². The molecule has 3 atom stereocenters. The number of aliphatic carboxylic acids is 1. The third kappa shape index (κ3) is 4.36. The van der Waals surface area contributed by atoms with Crippen LogP contribution in [-0.4, -0.2) is 29.8 Å². The molecule has 6 heteroatoms. The van der Waals surface area contributed by atoms with Crippen LogP contribution in [0.4, 0.5) is 13.2 Å².